The Bertz CT molecular complexity index is 1350. The highest BCUT2D eigenvalue weighted by atomic mass is 19.4. The molecule has 0 spiro atoms. The smallest absolute Gasteiger partial charge is 0.460 e. The second-order valence-electron chi connectivity index (χ2n) is 9.42. The highest BCUT2D eigenvalue weighted by molar-refractivity contribution is 5.77. The lowest BCUT2D eigenvalue weighted by atomic mass is 9.82. The van der Waals surface area contributed by atoms with Gasteiger partial charge in [-0.1, -0.05) is 0 Å². The zero-order valence-electron chi connectivity index (χ0n) is 21.8. The van der Waals surface area contributed by atoms with Gasteiger partial charge in [-0.05, 0) is 0 Å². The lowest BCUT2D eigenvalue weighted by molar-refractivity contribution is -0.490. The van der Waals surface area contributed by atoms with Crippen molar-refractivity contribution >= 4 is 5.97 Å². The van der Waals surface area contributed by atoms with Gasteiger partial charge in [-0.3, -0.25) is 0 Å². The van der Waals surface area contributed by atoms with Crippen LogP contribution in [0.5, 0.6) is 0 Å². The van der Waals surface area contributed by atoms with Crippen LogP contribution in [0.2, 0.25) is 0 Å². The fraction of sp³-hybridized carbons (Fsp3) is 0.941. The second-order valence-corrected chi connectivity index (χ2v) is 9.42. The summed E-state index contributed by atoms with van der Waals surface area (Å²) in [6.45, 7) is 0. The summed E-state index contributed by atoms with van der Waals surface area (Å²) in [5.41, 5.74) is 0. The van der Waals surface area contributed by atoms with E-state index in [1.807, 2.05) is 0 Å². The molecule has 0 saturated heterocycles. The molecule has 0 heterocycles. The first-order chi connectivity index (χ1) is 21.7. The third-order valence-corrected chi connectivity index (χ3v) is 6.15. The van der Waals surface area contributed by atoms with Crippen molar-refractivity contribution in [1.82, 2.24) is 0 Å². The number of carboxylic acid groups (broad SMARTS) is 1. The topological polar surface area (TPSA) is 37.3 Å². The van der Waals surface area contributed by atoms with Gasteiger partial charge in [0.1, 0.15) is 0 Å². The van der Waals surface area contributed by atoms with Gasteiger partial charge in [-0.2, -0.15) is 145 Å². The van der Waals surface area contributed by atoms with Gasteiger partial charge in [-0.25, -0.2) is 4.79 Å². The summed E-state index contributed by atoms with van der Waals surface area (Å²) < 4.78 is 440. The third-order valence-electron chi connectivity index (χ3n) is 6.15. The molecule has 0 fully saturated rings. The van der Waals surface area contributed by atoms with Crippen LogP contribution in [-0.2, 0) is 4.79 Å². The zero-order valence-corrected chi connectivity index (χ0v) is 21.8. The average molecular weight is 864 g/mol. The van der Waals surface area contributed by atoms with Crippen LogP contribution >= 0.6 is 0 Å². The first-order valence-electron chi connectivity index (χ1n) is 10.7. The molecule has 0 aromatic heterocycles. The number of alkyl halides is 33. The molecule has 0 saturated carbocycles. The fourth-order valence-electron chi connectivity index (χ4n) is 2.88. The van der Waals surface area contributed by atoms with Crippen LogP contribution in [0.25, 0.3) is 0 Å². The number of aliphatic carboxylic acids is 1. The maximum atomic E-state index is 13.8. The van der Waals surface area contributed by atoms with E-state index in [9.17, 15) is 150 Å². The van der Waals surface area contributed by atoms with Crippen LogP contribution in [0, 0.1) is 0 Å². The largest absolute Gasteiger partial charge is 0.477 e. The molecule has 35 heteroatoms. The van der Waals surface area contributed by atoms with Crippen LogP contribution in [0.3, 0.4) is 0 Å². The molecule has 52 heavy (non-hydrogen) atoms. The van der Waals surface area contributed by atoms with E-state index in [4.69, 9.17) is 5.11 Å². The van der Waals surface area contributed by atoms with Gasteiger partial charge in [0.05, 0.1) is 0 Å². The molecule has 0 aliphatic heterocycles. The van der Waals surface area contributed by atoms with Gasteiger partial charge >= 0.3 is 101 Å². The molecule has 0 unspecified atom stereocenters. The Morgan fingerprint density at radius 3 is 0.462 bits per heavy atom. The number of hydrogen-bond donors (Lipinski definition) is 1. The van der Waals surface area contributed by atoms with E-state index in [0.717, 1.165) is 0 Å². The Balaban J connectivity index is 7.76. The summed E-state index contributed by atoms with van der Waals surface area (Å²) in [6.07, 6.45) is -8.41. The molecule has 0 bridgehead atoms. The SMILES string of the molecule is O=C(O)C(F)(F)C(F)(F)C(F)(F)C(F)(F)C(F)(F)C(F)(F)C(F)(F)C(F)(F)C(F)(F)C(F)(F)C(F)(F)C(F)(F)C(F)(F)C(F)(F)C(F)(F)C(F)(F)F. The van der Waals surface area contributed by atoms with Crippen LogP contribution in [0.4, 0.5) is 145 Å². The molecule has 0 atom stereocenters. The van der Waals surface area contributed by atoms with E-state index < -0.39 is 101 Å². The lowest BCUT2D eigenvalue weighted by Crippen LogP contribution is -2.80. The molecule has 0 aliphatic carbocycles. The number of carbonyl (C=O) groups is 1. The first kappa shape index (κ1) is 49.2. The normalized spacial score (nSPS) is 17.1. The minimum absolute atomic E-state index is 4.84. The van der Waals surface area contributed by atoms with Crippen LogP contribution < -0.4 is 0 Å². The zero-order chi connectivity index (χ0) is 43.6. The summed E-state index contributed by atoms with van der Waals surface area (Å²) in [6, 6.07) is 0. The highest BCUT2D eigenvalue weighted by Gasteiger charge is 3.02. The second kappa shape index (κ2) is 11.6. The first-order valence-corrected chi connectivity index (χ1v) is 10.7. The quantitative estimate of drug-likeness (QED) is 0.167. The van der Waals surface area contributed by atoms with Crippen LogP contribution in [-0.4, -0.2) is 106 Å². The van der Waals surface area contributed by atoms with Gasteiger partial charge < -0.3 is 5.11 Å². The predicted octanol–water partition coefficient (Wildman–Crippen LogP) is 10.2. The standard InChI is InChI=1S/C17HF33O2/c18-2(19,1(51)52)3(20,21)4(22,23)5(24,25)6(26,27)7(28,29)8(30,31)9(32,33)10(34,35)11(36,37)12(38,39)13(40,41)14(42,43)15(44,45)16(46,47)17(48,49)50/h(H,51,52). The van der Waals surface area contributed by atoms with Crippen molar-refractivity contribution in [2.24, 2.45) is 0 Å². The average Bonchev–Trinajstić information content (AvgIpc) is 2.90. The molecule has 0 radical (unpaired) electrons. The summed E-state index contributed by atoms with van der Waals surface area (Å²) in [5.74, 6) is -150. The van der Waals surface area contributed by atoms with Crippen LogP contribution in [0.1, 0.15) is 0 Å². The Kier molecular flexibility index (Phi) is 11.0. The van der Waals surface area contributed by atoms with Crippen molar-refractivity contribution < 1.29 is 155 Å². The van der Waals surface area contributed by atoms with Gasteiger partial charge in [0.25, 0.3) is 0 Å². The van der Waals surface area contributed by atoms with Gasteiger partial charge in [0.2, 0.25) is 0 Å². The van der Waals surface area contributed by atoms with Crippen LogP contribution in [0.15, 0.2) is 0 Å². The Morgan fingerprint density at radius 1 is 0.231 bits per heavy atom. The molecule has 1 N–H and O–H groups in total. The van der Waals surface area contributed by atoms with Crippen molar-refractivity contribution in [2.75, 3.05) is 0 Å². The fourth-order valence-corrected chi connectivity index (χ4v) is 2.88. The van der Waals surface area contributed by atoms with E-state index >= 15 is 0 Å². The molecule has 0 aromatic carbocycles. The molecular formula is C17HF33O2. The van der Waals surface area contributed by atoms with Crippen molar-refractivity contribution in [3.63, 3.8) is 0 Å². The lowest BCUT2D eigenvalue weighted by Gasteiger charge is -2.46. The molecule has 0 rings (SSSR count). The highest BCUT2D eigenvalue weighted by Crippen LogP contribution is 2.69. The molecule has 0 aromatic rings. The maximum absolute atomic E-state index is 13.8. The minimum atomic E-state index is -10.3. The predicted molar refractivity (Wildman–Crippen MR) is 87.9 cm³/mol. The molecule has 0 amide bonds. The van der Waals surface area contributed by atoms with Gasteiger partial charge in [0, 0.05) is 0 Å². The van der Waals surface area contributed by atoms with Crippen molar-refractivity contribution in [3.05, 3.63) is 0 Å². The van der Waals surface area contributed by atoms with E-state index in [0.29, 0.717) is 0 Å². The molecular weight excluding hydrogens is 863 g/mol. The molecule has 312 valence electrons. The van der Waals surface area contributed by atoms with Gasteiger partial charge in [0.15, 0.2) is 0 Å². The summed E-state index contributed by atoms with van der Waals surface area (Å²) in [5, 5.41) is 7.66. The van der Waals surface area contributed by atoms with Crippen molar-refractivity contribution in [2.45, 2.75) is 95.0 Å². The van der Waals surface area contributed by atoms with E-state index in [2.05, 4.69) is 0 Å². The summed E-state index contributed by atoms with van der Waals surface area (Å²) in [7, 11) is 0. The minimum Gasteiger partial charge on any atom is -0.477 e. The van der Waals surface area contributed by atoms with E-state index in [1.165, 1.54) is 0 Å². The summed E-state index contributed by atoms with van der Waals surface area (Å²) >= 11 is 0. The number of carboxylic acids is 1. The monoisotopic (exact) mass is 864 g/mol. The van der Waals surface area contributed by atoms with Crippen molar-refractivity contribution in [3.8, 4) is 0 Å². The van der Waals surface area contributed by atoms with E-state index in [-0.39, 0.29) is 0 Å². The molecule has 0 aliphatic rings. The third kappa shape index (κ3) is 5.26. The number of halogens is 33. The van der Waals surface area contributed by atoms with Crippen molar-refractivity contribution in [1.29, 1.82) is 0 Å². The van der Waals surface area contributed by atoms with Gasteiger partial charge in [-0.15, -0.1) is 0 Å². The molecule has 2 nitrogen and oxygen atoms in total. The number of hydrogen-bond acceptors (Lipinski definition) is 1. The van der Waals surface area contributed by atoms with E-state index in [1.54, 1.807) is 0 Å². The Labute approximate surface area is 257 Å². The maximum Gasteiger partial charge on any atom is 0.460 e. The number of rotatable bonds is 15. The summed E-state index contributed by atoms with van der Waals surface area (Å²) in [4.78, 5) is 9.94. The Hall–Kier alpha value is -2.84. The Morgan fingerprint density at radius 2 is 0.346 bits per heavy atom.